The molecule has 6 heteroatoms. The summed E-state index contributed by atoms with van der Waals surface area (Å²) in [5.41, 5.74) is 4.30. The summed E-state index contributed by atoms with van der Waals surface area (Å²) in [5, 5.41) is 19.0. The van der Waals surface area contributed by atoms with E-state index in [9.17, 15) is 15.2 Å². The van der Waals surface area contributed by atoms with Gasteiger partial charge >= 0.3 is 6.09 Å². The Bertz CT molecular complexity index is 376. The Morgan fingerprint density at radius 2 is 2.05 bits per heavy atom. The quantitative estimate of drug-likeness (QED) is 0.811. The highest BCUT2D eigenvalue weighted by molar-refractivity contribution is 5.68. The van der Waals surface area contributed by atoms with E-state index in [0.29, 0.717) is 32.4 Å². The summed E-state index contributed by atoms with van der Waals surface area (Å²) in [6, 6.07) is 2.30. The van der Waals surface area contributed by atoms with Crippen molar-refractivity contribution in [1.82, 2.24) is 4.90 Å². The second kappa shape index (κ2) is 6.42. The third-order valence-electron chi connectivity index (χ3n) is 3.51. The largest absolute Gasteiger partial charge is 0.444 e. The van der Waals surface area contributed by atoms with Crippen LogP contribution in [0.2, 0.25) is 0 Å². The number of aliphatic hydroxyl groups is 1. The molecule has 0 aromatic heterocycles. The van der Waals surface area contributed by atoms with E-state index in [2.05, 4.69) is 6.07 Å². The molecule has 20 heavy (non-hydrogen) atoms. The van der Waals surface area contributed by atoms with Crippen molar-refractivity contribution in [1.29, 1.82) is 5.26 Å². The molecule has 1 atom stereocenters. The number of nitriles is 1. The van der Waals surface area contributed by atoms with Crippen molar-refractivity contribution in [3.8, 4) is 6.07 Å². The highest BCUT2D eigenvalue weighted by atomic mass is 16.6. The van der Waals surface area contributed by atoms with Gasteiger partial charge < -0.3 is 20.5 Å². The second-order valence-electron chi connectivity index (χ2n) is 6.45. The van der Waals surface area contributed by atoms with Crippen LogP contribution in [0.15, 0.2) is 0 Å². The van der Waals surface area contributed by atoms with E-state index in [0.717, 1.165) is 0 Å². The van der Waals surface area contributed by atoms with Gasteiger partial charge in [0.05, 0.1) is 17.6 Å². The standard InChI is InChI=1S/C14H25N3O3/c1-13(2,3)20-12(19)17-6-4-14(10-16,5-7-17)8-11(18)9-15/h11,18H,4-9,15H2,1-3H3. The van der Waals surface area contributed by atoms with Gasteiger partial charge in [-0.25, -0.2) is 4.79 Å². The molecular formula is C14H25N3O3. The van der Waals surface area contributed by atoms with Crippen LogP contribution < -0.4 is 5.73 Å². The summed E-state index contributed by atoms with van der Waals surface area (Å²) in [6.07, 6.45) is 0.438. The average Bonchev–Trinajstić information content (AvgIpc) is 2.37. The molecular weight excluding hydrogens is 258 g/mol. The third-order valence-corrected chi connectivity index (χ3v) is 3.51. The Balaban J connectivity index is 2.57. The van der Waals surface area contributed by atoms with Gasteiger partial charge in [0, 0.05) is 19.6 Å². The van der Waals surface area contributed by atoms with Crippen molar-refractivity contribution < 1.29 is 14.6 Å². The normalized spacial score (nSPS) is 20.1. The van der Waals surface area contributed by atoms with Gasteiger partial charge in [-0.15, -0.1) is 0 Å². The van der Waals surface area contributed by atoms with Gasteiger partial charge in [0.25, 0.3) is 0 Å². The van der Waals surface area contributed by atoms with E-state index in [4.69, 9.17) is 10.5 Å². The van der Waals surface area contributed by atoms with E-state index >= 15 is 0 Å². The van der Waals surface area contributed by atoms with E-state index in [1.54, 1.807) is 4.90 Å². The number of amides is 1. The lowest BCUT2D eigenvalue weighted by atomic mass is 9.75. The van der Waals surface area contributed by atoms with Crippen LogP contribution in [-0.2, 0) is 4.74 Å². The summed E-state index contributed by atoms with van der Waals surface area (Å²) >= 11 is 0. The molecule has 1 rings (SSSR count). The molecule has 0 bridgehead atoms. The van der Waals surface area contributed by atoms with Gasteiger partial charge in [0.1, 0.15) is 5.60 Å². The molecule has 3 N–H and O–H groups in total. The molecule has 1 heterocycles. The summed E-state index contributed by atoms with van der Waals surface area (Å²) in [5.74, 6) is 0. The minimum atomic E-state index is -0.664. The van der Waals surface area contributed by atoms with E-state index in [1.165, 1.54) is 0 Å². The number of carbonyl (C=O) groups excluding carboxylic acids is 1. The first-order valence-electron chi connectivity index (χ1n) is 6.99. The maximum absolute atomic E-state index is 11.9. The molecule has 0 aliphatic carbocycles. The number of hydrogen-bond donors (Lipinski definition) is 2. The van der Waals surface area contributed by atoms with Gasteiger partial charge in [0.15, 0.2) is 0 Å². The smallest absolute Gasteiger partial charge is 0.410 e. The zero-order chi connectivity index (χ0) is 15.4. The van der Waals surface area contributed by atoms with Crippen molar-refractivity contribution in [2.75, 3.05) is 19.6 Å². The molecule has 114 valence electrons. The van der Waals surface area contributed by atoms with Crippen molar-refractivity contribution in [3.63, 3.8) is 0 Å². The van der Waals surface area contributed by atoms with Crippen LogP contribution in [0.4, 0.5) is 4.79 Å². The number of hydrogen-bond acceptors (Lipinski definition) is 5. The van der Waals surface area contributed by atoms with E-state index in [-0.39, 0.29) is 12.6 Å². The molecule has 6 nitrogen and oxygen atoms in total. The van der Waals surface area contributed by atoms with Crippen LogP contribution in [0.1, 0.15) is 40.0 Å². The first-order valence-corrected chi connectivity index (χ1v) is 6.99. The van der Waals surface area contributed by atoms with Gasteiger partial charge in [0.2, 0.25) is 0 Å². The monoisotopic (exact) mass is 283 g/mol. The molecule has 1 saturated heterocycles. The maximum atomic E-state index is 11.9. The molecule has 1 amide bonds. The Hall–Kier alpha value is -1.32. The average molecular weight is 283 g/mol. The first-order chi connectivity index (χ1) is 9.21. The van der Waals surface area contributed by atoms with Crippen molar-refractivity contribution in [2.45, 2.75) is 51.7 Å². The minimum Gasteiger partial charge on any atom is -0.444 e. The number of piperidine rings is 1. The fraction of sp³-hybridized carbons (Fsp3) is 0.857. The fourth-order valence-corrected chi connectivity index (χ4v) is 2.34. The molecule has 1 aliphatic heterocycles. The van der Waals surface area contributed by atoms with Crippen molar-refractivity contribution >= 4 is 6.09 Å². The lowest BCUT2D eigenvalue weighted by Crippen LogP contribution is -2.46. The van der Waals surface area contributed by atoms with Crippen LogP contribution >= 0.6 is 0 Å². The minimum absolute atomic E-state index is 0.152. The van der Waals surface area contributed by atoms with Crippen LogP contribution in [0.3, 0.4) is 0 Å². The number of likely N-dealkylation sites (tertiary alicyclic amines) is 1. The van der Waals surface area contributed by atoms with Crippen LogP contribution in [0, 0.1) is 16.7 Å². The summed E-state index contributed by atoms with van der Waals surface area (Å²) in [4.78, 5) is 13.6. The Morgan fingerprint density at radius 3 is 2.45 bits per heavy atom. The number of nitrogens with zero attached hydrogens (tertiary/aromatic N) is 2. The summed E-state index contributed by atoms with van der Waals surface area (Å²) in [7, 11) is 0. The topological polar surface area (TPSA) is 99.6 Å². The summed E-state index contributed by atoms with van der Waals surface area (Å²) in [6.45, 7) is 6.57. The van der Waals surface area contributed by atoms with Crippen molar-refractivity contribution in [2.24, 2.45) is 11.1 Å². The Morgan fingerprint density at radius 1 is 1.50 bits per heavy atom. The molecule has 0 aromatic rings. The predicted octanol–water partition coefficient (Wildman–Crippen LogP) is 1.24. The third kappa shape index (κ3) is 4.66. The molecule has 0 radical (unpaired) electrons. The summed E-state index contributed by atoms with van der Waals surface area (Å²) < 4.78 is 5.32. The number of aliphatic hydroxyl groups excluding tert-OH is 1. The second-order valence-corrected chi connectivity index (χ2v) is 6.45. The van der Waals surface area contributed by atoms with Crippen molar-refractivity contribution in [3.05, 3.63) is 0 Å². The van der Waals surface area contributed by atoms with Crippen LogP contribution in [0.25, 0.3) is 0 Å². The SMILES string of the molecule is CC(C)(C)OC(=O)N1CCC(C#N)(CC(O)CN)CC1. The van der Waals surface area contributed by atoms with Gasteiger partial charge in [-0.1, -0.05) is 0 Å². The number of nitrogens with two attached hydrogens (primary N) is 1. The highest BCUT2D eigenvalue weighted by Crippen LogP contribution is 2.35. The van der Waals surface area contributed by atoms with Gasteiger partial charge in [-0.2, -0.15) is 5.26 Å². The predicted molar refractivity (Wildman–Crippen MR) is 74.8 cm³/mol. The highest BCUT2D eigenvalue weighted by Gasteiger charge is 2.38. The first kappa shape index (κ1) is 16.7. The Labute approximate surface area is 120 Å². The van der Waals surface area contributed by atoms with E-state index < -0.39 is 17.1 Å². The molecule has 1 aliphatic rings. The molecule has 1 fully saturated rings. The molecule has 0 saturated carbocycles. The van der Waals surface area contributed by atoms with E-state index in [1.807, 2.05) is 20.8 Å². The zero-order valence-corrected chi connectivity index (χ0v) is 12.6. The lowest BCUT2D eigenvalue weighted by molar-refractivity contribution is 0.0105. The fourth-order valence-electron chi connectivity index (χ4n) is 2.34. The molecule has 0 aromatic carbocycles. The van der Waals surface area contributed by atoms with Crippen LogP contribution in [-0.4, -0.2) is 47.4 Å². The number of carbonyl (C=O) groups is 1. The zero-order valence-electron chi connectivity index (χ0n) is 12.6. The molecule has 0 spiro atoms. The maximum Gasteiger partial charge on any atom is 0.410 e. The lowest BCUT2D eigenvalue weighted by Gasteiger charge is -2.38. The Kier molecular flexibility index (Phi) is 5.37. The van der Waals surface area contributed by atoms with Gasteiger partial charge in [-0.05, 0) is 40.0 Å². The van der Waals surface area contributed by atoms with Gasteiger partial charge in [-0.3, -0.25) is 0 Å². The number of ether oxygens (including phenoxy) is 1. The number of rotatable bonds is 3. The van der Waals surface area contributed by atoms with Crippen LogP contribution in [0.5, 0.6) is 0 Å². The molecule has 1 unspecified atom stereocenters.